The van der Waals surface area contributed by atoms with Crippen LogP contribution in [-0.4, -0.2) is 21.6 Å². The van der Waals surface area contributed by atoms with Gasteiger partial charge < -0.3 is 14.5 Å². The normalized spacial score (nSPS) is 11.1. The zero-order valence-electron chi connectivity index (χ0n) is 19.8. The largest absolute Gasteiger partial charge is 0.492 e. The van der Waals surface area contributed by atoms with E-state index in [1.54, 1.807) is 42.5 Å². The molecule has 0 radical (unpaired) electrons. The topological polar surface area (TPSA) is 95.5 Å². The van der Waals surface area contributed by atoms with Crippen LogP contribution in [0, 0.1) is 0 Å². The van der Waals surface area contributed by atoms with Gasteiger partial charge in [0.05, 0.1) is 12.3 Å². The molecule has 5 aromatic rings. The van der Waals surface area contributed by atoms with Gasteiger partial charge in [0.2, 0.25) is 11.5 Å². The number of ether oxygens (including phenoxy) is 1. The molecule has 8 nitrogen and oxygen atoms in total. The molecule has 0 aliphatic rings. The Morgan fingerprint density at radius 3 is 2.44 bits per heavy atom. The summed E-state index contributed by atoms with van der Waals surface area (Å²) in [6, 6.07) is 23.8. The minimum atomic E-state index is -0.566. The van der Waals surface area contributed by atoms with E-state index in [4.69, 9.17) is 9.15 Å². The van der Waals surface area contributed by atoms with Crippen LogP contribution in [0.15, 0.2) is 92.9 Å². The van der Waals surface area contributed by atoms with Gasteiger partial charge in [-0.15, -0.1) is 0 Å². The first kappa shape index (κ1) is 23.2. The molecule has 8 heteroatoms. The Morgan fingerprint density at radius 2 is 1.64 bits per heavy atom. The molecule has 2 heterocycles. The maximum Gasteiger partial charge on any atom is 0.332 e. The van der Waals surface area contributed by atoms with Crippen molar-refractivity contribution in [2.75, 3.05) is 11.9 Å². The number of hydrogen-bond acceptors (Lipinski definition) is 5. The van der Waals surface area contributed by atoms with E-state index in [9.17, 15) is 14.4 Å². The summed E-state index contributed by atoms with van der Waals surface area (Å²) in [7, 11) is 0. The third kappa shape index (κ3) is 4.40. The first-order valence-electron chi connectivity index (χ1n) is 11.8. The van der Waals surface area contributed by atoms with Gasteiger partial charge in [0.25, 0.3) is 5.56 Å². The highest BCUT2D eigenvalue weighted by molar-refractivity contribution is 6.03. The number of nitrogens with zero attached hydrogens (tertiary/aromatic N) is 2. The summed E-state index contributed by atoms with van der Waals surface area (Å²) in [6.45, 7) is 2.16. The summed E-state index contributed by atoms with van der Waals surface area (Å²) in [4.78, 5) is 40.1. The molecule has 0 aliphatic carbocycles. The zero-order chi connectivity index (χ0) is 25.1. The number of para-hydroxylation sites is 3. The summed E-state index contributed by atoms with van der Waals surface area (Å²) in [5.74, 6) is 0.108. The number of anilines is 1. The van der Waals surface area contributed by atoms with E-state index in [1.165, 1.54) is 4.57 Å². The van der Waals surface area contributed by atoms with Gasteiger partial charge in [-0.3, -0.25) is 18.7 Å². The summed E-state index contributed by atoms with van der Waals surface area (Å²) >= 11 is 0. The molecule has 0 fully saturated rings. The molecule has 5 rings (SSSR count). The van der Waals surface area contributed by atoms with Gasteiger partial charge in [-0.25, -0.2) is 4.79 Å². The van der Waals surface area contributed by atoms with Crippen LogP contribution in [0.2, 0.25) is 0 Å². The molecule has 0 atom stereocenters. The average molecular weight is 484 g/mol. The molecule has 0 saturated heterocycles. The van der Waals surface area contributed by atoms with E-state index in [2.05, 4.69) is 5.32 Å². The van der Waals surface area contributed by atoms with Crippen molar-refractivity contribution in [3.05, 3.63) is 105 Å². The number of benzene rings is 3. The van der Waals surface area contributed by atoms with Gasteiger partial charge in [-0.2, -0.15) is 0 Å². The Morgan fingerprint density at radius 1 is 0.917 bits per heavy atom. The van der Waals surface area contributed by atoms with E-state index in [-0.39, 0.29) is 18.7 Å². The number of fused-ring (bicyclic) bond motifs is 3. The van der Waals surface area contributed by atoms with E-state index in [0.29, 0.717) is 41.0 Å². The van der Waals surface area contributed by atoms with Crippen molar-refractivity contribution < 1.29 is 13.9 Å². The van der Waals surface area contributed by atoms with Gasteiger partial charge in [-0.05, 0) is 43.2 Å². The Kier molecular flexibility index (Phi) is 6.40. The summed E-state index contributed by atoms with van der Waals surface area (Å²) in [5.41, 5.74) is 1.24. The third-order valence-electron chi connectivity index (χ3n) is 5.97. The summed E-state index contributed by atoms with van der Waals surface area (Å²) < 4.78 is 13.9. The molecule has 0 saturated carbocycles. The van der Waals surface area contributed by atoms with Crippen LogP contribution in [0.25, 0.3) is 22.1 Å². The van der Waals surface area contributed by atoms with Gasteiger partial charge in [-0.1, -0.05) is 54.6 Å². The number of amides is 1. The fraction of sp³-hybridized carbons (Fsp3) is 0.179. The van der Waals surface area contributed by atoms with Crippen LogP contribution in [0.5, 0.6) is 5.75 Å². The predicted octanol–water partition coefficient (Wildman–Crippen LogP) is 4.19. The lowest BCUT2D eigenvalue weighted by molar-refractivity contribution is -0.116. The van der Waals surface area contributed by atoms with E-state index in [1.807, 2.05) is 43.3 Å². The number of nitrogens with one attached hydrogen (secondary N) is 1. The van der Waals surface area contributed by atoms with Crippen LogP contribution in [0.1, 0.15) is 12.5 Å². The van der Waals surface area contributed by atoms with E-state index >= 15 is 0 Å². The average Bonchev–Trinajstić information content (AvgIpc) is 3.28. The fourth-order valence-corrected chi connectivity index (χ4v) is 4.31. The van der Waals surface area contributed by atoms with Gasteiger partial charge in [0, 0.05) is 11.9 Å². The van der Waals surface area contributed by atoms with Crippen molar-refractivity contribution in [1.82, 2.24) is 9.13 Å². The molecule has 2 aromatic heterocycles. The van der Waals surface area contributed by atoms with Crippen molar-refractivity contribution in [3.8, 4) is 5.75 Å². The molecule has 0 spiro atoms. The second-order valence-corrected chi connectivity index (χ2v) is 8.31. The molecule has 36 heavy (non-hydrogen) atoms. The third-order valence-corrected chi connectivity index (χ3v) is 5.97. The number of aromatic nitrogens is 2. The first-order valence-corrected chi connectivity index (χ1v) is 11.8. The minimum Gasteiger partial charge on any atom is -0.492 e. The summed E-state index contributed by atoms with van der Waals surface area (Å²) in [5, 5.41) is 3.42. The molecule has 1 amide bonds. The quantitative estimate of drug-likeness (QED) is 0.357. The standard InChI is InChI=1S/C28H25N3O5/c1-2-35-23-15-9-7-13-21(23)29-24(32)18-31-25-20-12-6-8-14-22(20)36-26(25)27(33)30(28(31)34)17-16-19-10-4-3-5-11-19/h3-15H,2,16-18H2,1H3,(H,29,32). The fourth-order valence-electron chi connectivity index (χ4n) is 4.31. The van der Waals surface area contributed by atoms with Crippen molar-refractivity contribution in [2.45, 2.75) is 26.4 Å². The monoisotopic (exact) mass is 483 g/mol. The van der Waals surface area contributed by atoms with Crippen molar-refractivity contribution in [2.24, 2.45) is 0 Å². The molecule has 3 aromatic carbocycles. The molecule has 0 unspecified atom stereocenters. The molecule has 182 valence electrons. The molecular weight excluding hydrogens is 458 g/mol. The predicted molar refractivity (Wildman–Crippen MR) is 139 cm³/mol. The summed E-state index contributed by atoms with van der Waals surface area (Å²) in [6.07, 6.45) is 0.482. The highest BCUT2D eigenvalue weighted by atomic mass is 16.5. The molecule has 0 bridgehead atoms. The van der Waals surface area contributed by atoms with Gasteiger partial charge in [0.1, 0.15) is 23.4 Å². The Hall–Kier alpha value is -4.59. The SMILES string of the molecule is CCOc1ccccc1NC(=O)Cn1c(=O)n(CCc2ccccc2)c(=O)c2oc3ccccc3c21. The van der Waals surface area contributed by atoms with Crippen LogP contribution in [0.3, 0.4) is 0 Å². The highest BCUT2D eigenvalue weighted by Gasteiger charge is 2.21. The Bertz CT molecular complexity index is 1660. The van der Waals surface area contributed by atoms with Crippen LogP contribution in [0.4, 0.5) is 5.69 Å². The highest BCUT2D eigenvalue weighted by Crippen LogP contribution is 2.26. The van der Waals surface area contributed by atoms with Crippen molar-refractivity contribution in [1.29, 1.82) is 0 Å². The number of furan rings is 1. The zero-order valence-corrected chi connectivity index (χ0v) is 19.8. The minimum absolute atomic E-state index is 0.0476. The molecule has 0 aliphatic heterocycles. The molecular formula is C28H25N3O5. The maximum atomic E-state index is 13.6. The maximum absolute atomic E-state index is 13.6. The molecule has 1 N–H and O–H groups in total. The smallest absolute Gasteiger partial charge is 0.332 e. The Labute approximate surface area is 206 Å². The number of carbonyl (C=O) groups is 1. The number of aryl methyl sites for hydroxylation is 1. The lowest BCUT2D eigenvalue weighted by Crippen LogP contribution is -2.41. The number of carbonyl (C=O) groups excluding carboxylic acids is 1. The second-order valence-electron chi connectivity index (χ2n) is 8.31. The van der Waals surface area contributed by atoms with Gasteiger partial charge >= 0.3 is 5.69 Å². The van der Waals surface area contributed by atoms with E-state index < -0.39 is 17.2 Å². The van der Waals surface area contributed by atoms with Crippen LogP contribution >= 0.6 is 0 Å². The van der Waals surface area contributed by atoms with Crippen LogP contribution in [-0.2, 0) is 24.3 Å². The second kappa shape index (κ2) is 9.95. The van der Waals surface area contributed by atoms with Crippen LogP contribution < -0.4 is 21.3 Å². The first-order chi connectivity index (χ1) is 17.6. The van der Waals surface area contributed by atoms with Gasteiger partial charge in [0.15, 0.2) is 0 Å². The number of hydrogen-bond donors (Lipinski definition) is 1. The Balaban J connectivity index is 1.58. The van der Waals surface area contributed by atoms with E-state index in [0.717, 1.165) is 10.1 Å². The van der Waals surface area contributed by atoms with Crippen molar-refractivity contribution >= 4 is 33.7 Å². The number of rotatable bonds is 8. The lowest BCUT2D eigenvalue weighted by Gasteiger charge is -2.14. The lowest BCUT2D eigenvalue weighted by atomic mass is 10.1. The van der Waals surface area contributed by atoms with Crippen molar-refractivity contribution in [3.63, 3.8) is 0 Å².